The maximum absolute atomic E-state index is 11.5. The van der Waals surface area contributed by atoms with Gasteiger partial charge in [-0.1, -0.05) is 31.9 Å². The van der Waals surface area contributed by atoms with Crippen LogP contribution in [0.15, 0.2) is 24.3 Å². The molecule has 1 amide bonds. The molecule has 0 aliphatic rings. The number of amides is 1. The first-order valence-electron chi connectivity index (χ1n) is 6.79. The Balaban J connectivity index is 2.12. The van der Waals surface area contributed by atoms with Gasteiger partial charge in [-0.25, -0.2) is 0 Å². The van der Waals surface area contributed by atoms with E-state index in [4.69, 9.17) is 0 Å². The van der Waals surface area contributed by atoms with E-state index in [9.17, 15) is 4.79 Å². The molecular formula is C15H24N2O. The van der Waals surface area contributed by atoms with Gasteiger partial charge in [-0.2, -0.15) is 0 Å². The van der Waals surface area contributed by atoms with Crippen LogP contribution in [0.1, 0.15) is 38.2 Å². The number of rotatable bonds is 8. The van der Waals surface area contributed by atoms with E-state index in [2.05, 4.69) is 36.6 Å². The van der Waals surface area contributed by atoms with Gasteiger partial charge in [0, 0.05) is 25.2 Å². The highest BCUT2D eigenvalue weighted by molar-refractivity contribution is 5.76. The number of hydrogen-bond acceptors (Lipinski definition) is 2. The molecule has 1 aromatic rings. The van der Waals surface area contributed by atoms with Crippen LogP contribution in [0.5, 0.6) is 0 Å². The summed E-state index contributed by atoms with van der Waals surface area (Å²) in [5, 5.41) is 6.19. The van der Waals surface area contributed by atoms with Crippen molar-refractivity contribution in [2.24, 2.45) is 0 Å². The van der Waals surface area contributed by atoms with E-state index >= 15 is 0 Å². The Hall–Kier alpha value is -1.51. The van der Waals surface area contributed by atoms with Crippen LogP contribution in [-0.4, -0.2) is 19.0 Å². The Morgan fingerprint density at radius 2 is 2.06 bits per heavy atom. The van der Waals surface area contributed by atoms with Crippen LogP contribution >= 0.6 is 0 Å². The molecule has 1 rings (SSSR count). The van der Waals surface area contributed by atoms with Gasteiger partial charge in [0.15, 0.2) is 0 Å². The number of nitrogens with one attached hydrogen (secondary N) is 2. The van der Waals surface area contributed by atoms with Gasteiger partial charge >= 0.3 is 0 Å². The lowest BCUT2D eigenvalue weighted by molar-refractivity contribution is -0.120. The lowest BCUT2D eigenvalue weighted by Gasteiger charge is -2.07. The van der Waals surface area contributed by atoms with Crippen molar-refractivity contribution in [2.45, 2.75) is 39.5 Å². The van der Waals surface area contributed by atoms with Crippen molar-refractivity contribution in [2.75, 3.05) is 18.4 Å². The SMILES string of the molecule is CCCCCNC(=O)CCNc1cccc(C)c1. The Kier molecular flexibility index (Phi) is 6.92. The number of aryl methyl sites for hydroxylation is 1. The molecule has 0 spiro atoms. The van der Waals surface area contributed by atoms with E-state index in [0.29, 0.717) is 13.0 Å². The summed E-state index contributed by atoms with van der Waals surface area (Å²) in [6.07, 6.45) is 3.97. The van der Waals surface area contributed by atoms with Gasteiger partial charge in [-0.15, -0.1) is 0 Å². The standard InChI is InChI=1S/C15H24N2O/c1-3-4-5-10-17-15(18)9-11-16-14-8-6-7-13(2)12-14/h6-8,12,16H,3-5,9-11H2,1-2H3,(H,17,18). The van der Waals surface area contributed by atoms with E-state index < -0.39 is 0 Å². The highest BCUT2D eigenvalue weighted by Crippen LogP contribution is 2.08. The number of hydrogen-bond donors (Lipinski definition) is 2. The Morgan fingerprint density at radius 3 is 2.78 bits per heavy atom. The number of carbonyl (C=O) groups is 1. The number of benzene rings is 1. The lowest BCUT2D eigenvalue weighted by atomic mass is 10.2. The summed E-state index contributed by atoms with van der Waals surface area (Å²) < 4.78 is 0. The maximum Gasteiger partial charge on any atom is 0.221 e. The molecule has 0 fully saturated rings. The molecule has 0 aliphatic carbocycles. The third kappa shape index (κ3) is 6.28. The second-order valence-corrected chi connectivity index (χ2v) is 4.60. The number of carbonyl (C=O) groups excluding carboxylic acids is 1. The first-order valence-corrected chi connectivity index (χ1v) is 6.79. The van der Waals surface area contributed by atoms with Gasteiger partial charge < -0.3 is 10.6 Å². The van der Waals surface area contributed by atoms with E-state index in [0.717, 1.165) is 18.7 Å². The summed E-state index contributed by atoms with van der Waals surface area (Å²) in [6.45, 7) is 5.71. The Labute approximate surface area is 110 Å². The zero-order valence-corrected chi connectivity index (χ0v) is 11.5. The zero-order chi connectivity index (χ0) is 13.2. The maximum atomic E-state index is 11.5. The van der Waals surface area contributed by atoms with Crippen LogP contribution in [0.4, 0.5) is 5.69 Å². The summed E-state index contributed by atoms with van der Waals surface area (Å²) in [6, 6.07) is 8.18. The van der Waals surface area contributed by atoms with Crippen molar-refractivity contribution in [3.8, 4) is 0 Å². The van der Waals surface area contributed by atoms with E-state index in [-0.39, 0.29) is 5.91 Å². The summed E-state index contributed by atoms with van der Waals surface area (Å²) in [7, 11) is 0. The molecule has 18 heavy (non-hydrogen) atoms. The Morgan fingerprint density at radius 1 is 1.22 bits per heavy atom. The van der Waals surface area contributed by atoms with Crippen LogP contribution in [0.3, 0.4) is 0 Å². The molecule has 0 heterocycles. The van der Waals surface area contributed by atoms with Crippen molar-refractivity contribution in [3.05, 3.63) is 29.8 Å². The quantitative estimate of drug-likeness (QED) is 0.694. The first-order chi connectivity index (χ1) is 8.72. The predicted molar refractivity (Wildman–Crippen MR) is 76.8 cm³/mol. The number of anilines is 1. The summed E-state index contributed by atoms with van der Waals surface area (Å²) in [5.74, 6) is 0.131. The van der Waals surface area contributed by atoms with Gasteiger partial charge in [0.1, 0.15) is 0 Å². The molecule has 0 unspecified atom stereocenters. The molecular weight excluding hydrogens is 224 g/mol. The minimum atomic E-state index is 0.131. The molecule has 100 valence electrons. The van der Waals surface area contributed by atoms with Gasteiger partial charge in [-0.05, 0) is 31.0 Å². The topological polar surface area (TPSA) is 41.1 Å². The van der Waals surface area contributed by atoms with Crippen molar-refractivity contribution in [3.63, 3.8) is 0 Å². The molecule has 0 aromatic heterocycles. The second-order valence-electron chi connectivity index (χ2n) is 4.60. The van der Waals surface area contributed by atoms with Crippen molar-refractivity contribution < 1.29 is 4.79 Å². The van der Waals surface area contributed by atoms with Crippen LogP contribution < -0.4 is 10.6 Å². The second kappa shape index (κ2) is 8.56. The average Bonchev–Trinajstić information content (AvgIpc) is 2.35. The van der Waals surface area contributed by atoms with Crippen LogP contribution in [0.2, 0.25) is 0 Å². The van der Waals surface area contributed by atoms with Gasteiger partial charge in [-0.3, -0.25) is 4.79 Å². The fourth-order valence-corrected chi connectivity index (χ4v) is 1.77. The molecule has 0 aliphatic heterocycles. The van der Waals surface area contributed by atoms with E-state index in [1.165, 1.54) is 18.4 Å². The largest absolute Gasteiger partial charge is 0.385 e. The van der Waals surface area contributed by atoms with Crippen molar-refractivity contribution in [1.29, 1.82) is 0 Å². The Bertz CT molecular complexity index is 363. The highest BCUT2D eigenvalue weighted by atomic mass is 16.1. The van der Waals surface area contributed by atoms with E-state index in [1.54, 1.807) is 0 Å². The van der Waals surface area contributed by atoms with E-state index in [1.807, 2.05) is 12.1 Å². The summed E-state index contributed by atoms with van der Waals surface area (Å²) in [4.78, 5) is 11.5. The number of unbranched alkanes of at least 4 members (excludes halogenated alkanes) is 2. The molecule has 0 radical (unpaired) electrons. The normalized spacial score (nSPS) is 10.1. The van der Waals surface area contributed by atoms with Crippen LogP contribution in [-0.2, 0) is 4.79 Å². The van der Waals surface area contributed by atoms with Crippen molar-refractivity contribution >= 4 is 11.6 Å². The molecule has 3 nitrogen and oxygen atoms in total. The van der Waals surface area contributed by atoms with Gasteiger partial charge in [0.2, 0.25) is 5.91 Å². The molecule has 0 bridgehead atoms. The molecule has 0 saturated carbocycles. The van der Waals surface area contributed by atoms with Crippen molar-refractivity contribution in [1.82, 2.24) is 5.32 Å². The highest BCUT2D eigenvalue weighted by Gasteiger charge is 2.00. The third-order valence-corrected chi connectivity index (χ3v) is 2.80. The smallest absolute Gasteiger partial charge is 0.221 e. The monoisotopic (exact) mass is 248 g/mol. The third-order valence-electron chi connectivity index (χ3n) is 2.80. The molecule has 1 aromatic carbocycles. The van der Waals surface area contributed by atoms with Crippen LogP contribution in [0.25, 0.3) is 0 Å². The summed E-state index contributed by atoms with van der Waals surface area (Å²) in [5.41, 5.74) is 2.30. The molecule has 0 atom stereocenters. The molecule has 2 N–H and O–H groups in total. The minimum Gasteiger partial charge on any atom is -0.385 e. The summed E-state index contributed by atoms with van der Waals surface area (Å²) >= 11 is 0. The van der Waals surface area contributed by atoms with Gasteiger partial charge in [0.05, 0.1) is 0 Å². The first kappa shape index (κ1) is 14.6. The fourth-order valence-electron chi connectivity index (χ4n) is 1.77. The van der Waals surface area contributed by atoms with Gasteiger partial charge in [0.25, 0.3) is 0 Å². The predicted octanol–water partition coefficient (Wildman–Crippen LogP) is 3.10. The molecule has 3 heteroatoms. The van der Waals surface area contributed by atoms with Crippen LogP contribution in [0, 0.1) is 6.92 Å². The zero-order valence-electron chi connectivity index (χ0n) is 11.5. The molecule has 0 saturated heterocycles. The average molecular weight is 248 g/mol. The fraction of sp³-hybridized carbons (Fsp3) is 0.533. The lowest BCUT2D eigenvalue weighted by Crippen LogP contribution is -2.26. The minimum absolute atomic E-state index is 0.131.